The molecule has 128 valence electrons. The van der Waals surface area contributed by atoms with Crippen molar-refractivity contribution in [3.63, 3.8) is 0 Å². The Morgan fingerprint density at radius 1 is 1.50 bits per heavy atom. The van der Waals surface area contributed by atoms with Crippen molar-refractivity contribution in [2.45, 2.75) is 33.2 Å². The van der Waals surface area contributed by atoms with E-state index in [9.17, 15) is 9.59 Å². The van der Waals surface area contributed by atoms with Crippen molar-refractivity contribution in [3.8, 4) is 0 Å². The van der Waals surface area contributed by atoms with Gasteiger partial charge < -0.3 is 4.98 Å². The number of rotatable bonds is 5. The minimum atomic E-state index is -0.282. The van der Waals surface area contributed by atoms with E-state index in [1.54, 1.807) is 12.3 Å². The molecule has 3 heterocycles. The lowest BCUT2D eigenvalue weighted by Crippen LogP contribution is -2.33. The van der Waals surface area contributed by atoms with Crippen molar-refractivity contribution >= 4 is 28.2 Å². The van der Waals surface area contributed by atoms with Crippen LogP contribution in [0.3, 0.4) is 0 Å². The van der Waals surface area contributed by atoms with Gasteiger partial charge in [-0.15, -0.1) is 11.3 Å². The number of amides is 1. The van der Waals surface area contributed by atoms with Crippen LogP contribution in [-0.4, -0.2) is 39.6 Å². The molecule has 6 nitrogen and oxygen atoms in total. The number of aromatic amines is 1. The summed E-state index contributed by atoms with van der Waals surface area (Å²) in [5.74, 6) is 0.382. The molecule has 1 atom stereocenters. The number of anilines is 1. The van der Waals surface area contributed by atoms with Crippen LogP contribution in [0.5, 0.6) is 0 Å². The predicted octanol–water partition coefficient (Wildman–Crippen LogP) is 3.16. The summed E-state index contributed by atoms with van der Waals surface area (Å²) in [6, 6.07) is 1.56. The molecular formula is C17H22N4O2S. The minimum absolute atomic E-state index is 0.0717. The summed E-state index contributed by atoms with van der Waals surface area (Å²) in [6.07, 6.45) is 4.08. The summed E-state index contributed by atoms with van der Waals surface area (Å²) in [7, 11) is 0. The highest BCUT2D eigenvalue weighted by atomic mass is 32.1. The average Bonchev–Trinajstić information content (AvgIpc) is 3.17. The summed E-state index contributed by atoms with van der Waals surface area (Å²) in [5.41, 5.74) is 1.85. The molecule has 0 spiro atoms. The van der Waals surface area contributed by atoms with Crippen LogP contribution in [0.25, 0.3) is 0 Å². The molecule has 0 aromatic carbocycles. The van der Waals surface area contributed by atoms with Gasteiger partial charge in [-0.1, -0.05) is 6.92 Å². The van der Waals surface area contributed by atoms with Crippen molar-refractivity contribution in [2.75, 3.05) is 18.4 Å². The minimum Gasteiger partial charge on any atom is -0.356 e. The number of hydrogen-bond donors (Lipinski definition) is 2. The molecule has 0 saturated carbocycles. The molecule has 1 amide bonds. The number of Topliss-reactive ketones (excluding diaryl/α,β-unsaturated/α-hetero) is 1. The second kappa shape index (κ2) is 7.27. The predicted molar refractivity (Wildman–Crippen MR) is 94.5 cm³/mol. The number of aromatic nitrogens is 2. The Morgan fingerprint density at radius 3 is 3.04 bits per heavy atom. The van der Waals surface area contributed by atoms with Gasteiger partial charge in [-0.25, -0.2) is 4.98 Å². The van der Waals surface area contributed by atoms with Crippen LogP contribution in [0.2, 0.25) is 0 Å². The van der Waals surface area contributed by atoms with E-state index in [-0.39, 0.29) is 11.7 Å². The second-order valence-electron chi connectivity index (χ2n) is 6.44. The Hall–Kier alpha value is -1.99. The van der Waals surface area contributed by atoms with Gasteiger partial charge in [-0.05, 0) is 38.3 Å². The number of carbonyl (C=O) groups is 2. The molecule has 2 aromatic heterocycles. The molecular weight excluding hydrogens is 324 g/mol. The quantitative estimate of drug-likeness (QED) is 0.815. The molecule has 2 aromatic rings. The van der Waals surface area contributed by atoms with Gasteiger partial charge in [0.1, 0.15) is 5.69 Å². The number of H-pyrrole nitrogens is 1. The molecule has 0 radical (unpaired) electrons. The van der Waals surface area contributed by atoms with Crippen molar-refractivity contribution in [2.24, 2.45) is 5.92 Å². The van der Waals surface area contributed by atoms with Crippen molar-refractivity contribution in [3.05, 3.63) is 34.6 Å². The van der Waals surface area contributed by atoms with Crippen molar-refractivity contribution in [1.82, 2.24) is 14.9 Å². The van der Waals surface area contributed by atoms with Gasteiger partial charge in [0.2, 0.25) is 0 Å². The Bertz CT molecular complexity index is 737. The van der Waals surface area contributed by atoms with Crippen molar-refractivity contribution < 1.29 is 9.59 Å². The normalized spacial score (nSPS) is 18.5. The van der Waals surface area contributed by atoms with Crippen molar-refractivity contribution in [1.29, 1.82) is 0 Å². The summed E-state index contributed by atoms with van der Waals surface area (Å²) in [5, 5.41) is 5.36. The molecule has 1 aliphatic rings. The molecule has 2 N–H and O–H groups in total. The third-order valence-corrected chi connectivity index (χ3v) is 5.04. The summed E-state index contributed by atoms with van der Waals surface area (Å²) < 4.78 is 0. The Kier molecular flexibility index (Phi) is 5.11. The first-order valence-corrected chi connectivity index (χ1v) is 9.06. The summed E-state index contributed by atoms with van der Waals surface area (Å²) >= 11 is 1.42. The first-order chi connectivity index (χ1) is 11.5. The largest absolute Gasteiger partial charge is 0.356 e. The van der Waals surface area contributed by atoms with Gasteiger partial charge in [-0.3, -0.25) is 19.8 Å². The summed E-state index contributed by atoms with van der Waals surface area (Å²) in [6.45, 7) is 6.80. The highest BCUT2D eigenvalue weighted by molar-refractivity contribution is 7.13. The van der Waals surface area contributed by atoms with Crippen LogP contribution >= 0.6 is 11.3 Å². The fourth-order valence-electron chi connectivity index (χ4n) is 2.99. The lowest BCUT2D eigenvalue weighted by atomic mass is 10.0. The van der Waals surface area contributed by atoms with Gasteiger partial charge in [0, 0.05) is 30.2 Å². The van der Waals surface area contributed by atoms with Gasteiger partial charge in [0.15, 0.2) is 10.9 Å². The fourth-order valence-corrected chi connectivity index (χ4v) is 3.69. The molecule has 3 rings (SSSR count). The van der Waals surface area contributed by atoms with E-state index in [1.807, 2.05) is 5.38 Å². The van der Waals surface area contributed by atoms with Gasteiger partial charge >= 0.3 is 0 Å². The number of hydrogen-bond acceptors (Lipinski definition) is 5. The molecule has 7 heteroatoms. The monoisotopic (exact) mass is 346 g/mol. The van der Waals surface area contributed by atoms with Gasteiger partial charge in [-0.2, -0.15) is 0 Å². The van der Waals surface area contributed by atoms with Gasteiger partial charge in [0.25, 0.3) is 5.91 Å². The molecule has 1 saturated heterocycles. The molecule has 0 aliphatic carbocycles. The zero-order valence-electron chi connectivity index (χ0n) is 14.0. The number of nitrogens with one attached hydrogen (secondary N) is 2. The molecule has 1 fully saturated rings. The number of ketones is 1. The van der Waals surface area contributed by atoms with E-state index in [1.165, 1.54) is 31.1 Å². The van der Waals surface area contributed by atoms with E-state index in [0.29, 0.717) is 16.4 Å². The third kappa shape index (κ3) is 4.10. The van der Waals surface area contributed by atoms with E-state index < -0.39 is 0 Å². The zero-order valence-corrected chi connectivity index (χ0v) is 14.8. The average molecular weight is 346 g/mol. The number of carbonyl (C=O) groups excluding carboxylic acids is 2. The molecule has 24 heavy (non-hydrogen) atoms. The van der Waals surface area contributed by atoms with Crippen LogP contribution in [0, 0.1) is 5.92 Å². The van der Waals surface area contributed by atoms with E-state index in [0.717, 1.165) is 31.2 Å². The standard InChI is InChI=1S/C17H22N4O2S/c1-11-4-3-5-21(8-11)9-14-10-24-17(19-14)20-16(23)15-6-13(7-18-15)12(2)22/h6-7,10-11,18H,3-5,8-9H2,1-2H3,(H,19,20,23). The molecule has 0 bridgehead atoms. The highest BCUT2D eigenvalue weighted by Crippen LogP contribution is 2.21. The molecule has 1 aliphatic heterocycles. The number of piperidine rings is 1. The van der Waals surface area contributed by atoms with Crippen LogP contribution < -0.4 is 5.32 Å². The summed E-state index contributed by atoms with van der Waals surface area (Å²) in [4.78, 5) is 33.2. The lowest BCUT2D eigenvalue weighted by Gasteiger charge is -2.30. The maximum absolute atomic E-state index is 12.2. The number of likely N-dealkylation sites (tertiary alicyclic amines) is 1. The fraction of sp³-hybridized carbons (Fsp3) is 0.471. The lowest BCUT2D eigenvalue weighted by molar-refractivity contribution is 0.101. The van der Waals surface area contributed by atoms with E-state index >= 15 is 0 Å². The zero-order chi connectivity index (χ0) is 17.1. The maximum Gasteiger partial charge on any atom is 0.273 e. The Labute approximate surface area is 145 Å². The SMILES string of the molecule is CC(=O)c1c[nH]c(C(=O)Nc2nc(CN3CCCC(C)C3)cs2)c1. The van der Waals surface area contributed by atoms with Crippen LogP contribution in [0.15, 0.2) is 17.6 Å². The highest BCUT2D eigenvalue weighted by Gasteiger charge is 2.18. The number of thiazole rings is 1. The number of nitrogens with zero attached hydrogens (tertiary/aromatic N) is 2. The van der Waals surface area contributed by atoms with Crippen LogP contribution in [0.1, 0.15) is 53.2 Å². The first-order valence-electron chi connectivity index (χ1n) is 8.18. The second-order valence-corrected chi connectivity index (χ2v) is 7.30. The van der Waals surface area contributed by atoms with Crippen LogP contribution in [0.4, 0.5) is 5.13 Å². The van der Waals surface area contributed by atoms with E-state index in [2.05, 4.69) is 27.1 Å². The van der Waals surface area contributed by atoms with Gasteiger partial charge in [0.05, 0.1) is 5.69 Å². The first kappa shape index (κ1) is 16.9. The maximum atomic E-state index is 12.2. The topological polar surface area (TPSA) is 78.1 Å². The smallest absolute Gasteiger partial charge is 0.273 e. The van der Waals surface area contributed by atoms with E-state index in [4.69, 9.17) is 0 Å². The third-order valence-electron chi connectivity index (χ3n) is 4.23. The Morgan fingerprint density at radius 2 is 2.33 bits per heavy atom. The molecule has 1 unspecified atom stereocenters. The Balaban J connectivity index is 1.58. The van der Waals surface area contributed by atoms with Crippen LogP contribution in [-0.2, 0) is 6.54 Å².